The van der Waals surface area contributed by atoms with Gasteiger partial charge in [-0.25, -0.2) is 0 Å². The first-order chi connectivity index (χ1) is 15.9. The zero-order valence-electron chi connectivity index (χ0n) is 17.8. The fourth-order valence-electron chi connectivity index (χ4n) is 4.82. The van der Waals surface area contributed by atoms with Crippen molar-refractivity contribution in [2.45, 2.75) is 51.0 Å². The lowest BCUT2D eigenvalue weighted by molar-refractivity contribution is -0.117. The third-order valence-electron chi connectivity index (χ3n) is 6.27. The molecule has 0 spiro atoms. The average Bonchev–Trinajstić information content (AvgIpc) is 2.77. The number of benzene rings is 2. The number of Topliss-reactive ketones (excluding diaryl/α,β-unsaturated/α-hetero) is 2. The van der Waals surface area contributed by atoms with Crippen LogP contribution in [0, 0.1) is 0 Å². The van der Waals surface area contributed by atoms with Gasteiger partial charge in [0.15, 0.2) is 11.6 Å². The quantitative estimate of drug-likeness (QED) is 0.368. The van der Waals surface area contributed by atoms with Gasteiger partial charge in [-0.1, -0.05) is 23.7 Å². The fraction of sp³-hybridized carbons (Fsp3) is 0.308. The molecule has 7 heteroatoms. The summed E-state index contributed by atoms with van der Waals surface area (Å²) in [5.41, 5.74) is 3.11. The van der Waals surface area contributed by atoms with Crippen LogP contribution in [-0.2, 0) is 20.9 Å². The van der Waals surface area contributed by atoms with E-state index in [1.807, 2.05) is 36.4 Å². The molecule has 0 saturated carbocycles. The molecule has 4 nitrogen and oxygen atoms in total. The number of carbonyl (C=O) groups is 2. The van der Waals surface area contributed by atoms with Crippen molar-refractivity contribution in [3.8, 4) is 5.75 Å². The maximum atomic E-state index is 13.0. The van der Waals surface area contributed by atoms with Gasteiger partial charge in [-0.15, -0.1) is 0 Å². The maximum Gasteiger partial charge on any atom is 0.163 e. The standard InChI is InChI=1S/C26H21Br2ClO4/c27-17-11-15(12-18(28)26(17)32-13-14-4-1-5-16(29)10-14)23-24-19(30)6-2-8-21(24)33-22-9-3-7-20(31)25(22)23/h1,4-5,10-12,23H,2-3,6-9,13H2. The highest BCUT2D eigenvalue weighted by atomic mass is 79.9. The summed E-state index contributed by atoms with van der Waals surface area (Å²) in [5, 5.41) is 0.659. The SMILES string of the molecule is O=C1CCCC2=C1C(c1cc(Br)c(OCc3cccc(Cl)c3)c(Br)c1)C1=C(CCCC1=O)O2. The molecule has 1 aliphatic heterocycles. The Balaban J connectivity index is 1.53. The summed E-state index contributed by atoms with van der Waals surface area (Å²) in [5.74, 6) is 1.86. The van der Waals surface area contributed by atoms with Crippen LogP contribution in [0.1, 0.15) is 55.6 Å². The van der Waals surface area contributed by atoms with Crippen molar-refractivity contribution < 1.29 is 19.1 Å². The predicted molar refractivity (Wildman–Crippen MR) is 133 cm³/mol. The molecule has 33 heavy (non-hydrogen) atoms. The lowest BCUT2D eigenvalue weighted by Crippen LogP contribution is -2.30. The van der Waals surface area contributed by atoms with Crippen LogP contribution in [-0.4, -0.2) is 11.6 Å². The highest BCUT2D eigenvalue weighted by Crippen LogP contribution is 2.49. The molecule has 0 bridgehead atoms. The van der Waals surface area contributed by atoms with Gasteiger partial charge >= 0.3 is 0 Å². The monoisotopic (exact) mass is 590 g/mol. The summed E-state index contributed by atoms with van der Waals surface area (Å²) in [7, 11) is 0. The first-order valence-electron chi connectivity index (χ1n) is 11.0. The third kappa shape index (κ3) is 4.45. The zero-order chi connectivity index (χ0) is 23.1. The van der Waals surface area contributed by atoms with Crippen LogP contribution in [0.5, 0.6) is 5.75 Å². The number of carbonyl (C=O) groups excluding carboxylic acids is 2. The summed E-state index contributed by atoms with van der Waals surface area (Å²) in [6, 6.07) is 11.4. The van der Waals surface area contributed by atoms with Gasteiger partial charge in [0.1, 0.15) is 23.9 Å². The summed E-state index contributed by atoms with van der Waals surface area (Å²) in [6.07, 6.45) is 3.99. The van der Waals surface area contributed by atoms with Gasteiger partial charge in [0, 0.05) is 47.8 Å². The molecule has 5 rings (SSSR count). The minimum atomic E-state index is -0.404. The highest BCUT2D eigenvalue weighted by molar-refractivity contribution is 9.11. The molecule has 0 atom stereocenters. The summed E-state index contributed by atoms with van der Waals surface area (Å²) in [6.45, 7) is 0.357. The van der Waals surface area contributed by atoms with E-state index in [-0.39, 0.29) is 11.6 Å². The van der Waals surface area contributed by atoms with Gasteiger partial charge in [-0.2, -0.15) is 0 Å². The largest absolute Gasteiger partial charge is 0.487 e. The highest BCUT2D eigenvalue weighted by Gasteiger charge is 2.42. The first kappa shape index (κ1) is 22.9. The number of allylic oxidation sites excluding steroid dienone is 4. The second kappa shape index (κ2) is 9.40. The summed E-state index contributed by atoms with van der Waals surface area (Å²) < 4.78 is 13.7. The number of hydrogen-bond acceptors (Lipinski definition) is 4. The van der Waals surface area contributed by atoms with Crippen molar-refractivity contribution in [1.82, 2.24) is 0 Å². The van der Waals surface area contributed by atoms with Gasteiger partial charge < -0.3 is 9.47 Å². The summed E-state index contributed by atoms with van der Waals surface area (Å²) in [4.78, 5) is 26.0. The van der Waals surface area contributed by atoms with Crippen LogP contribution >= 0.6 is 43.5 Å². The molecule has 0 radical (unpaired) electrons. The lowest BCUT2D eigenvalue weighted by atomic mass is 9.73. The zero-order valence-corrected chi connectivity index (χ0v) is 21.7. The molecule has 0 aromatic heterocycles. The van der Waals surface area contributed by atoms with Gasteiger partial charge in [-0.05, 0) is 80.1 Å². The second-order valence-corrected chi connectivity index (χ2v) is 10.6. The molecule has 1 heterocycles. The van der Waals surface area contributed by atoms with E-state index < -0.39 is 5.92 Å². The molecule has 2 aromatic carbocycles. The van der Waals surface area contributed by atoms with Crippen LogP contribution in [0.25, 0.3) is 0 Å². The van der Waals surface area contributed by atoms with Crippen molar-refractivity contribution in [3.05, 3.63) is 84.2 Å². The van der Waals surface area contributed by atoms with Crippen LogP contribution in [0.2, 0.25) is 5.02 Å². The number of rotatable bonds is 4. The Labute approximate surface area is 214 Å². The number of ketones is 2. The van der Waals surface area contributed by atoms with Gasteiger partial charge in [-0.3, -0.25) is 9.59 Å². The molecular formula is C26H21Br2ClO4. The lowest BCUT2D eigenvalue weighted by Gasteiger charge is -2.36. The smallest absolute Gasteiger partial charge is 0.163 e. The van der Waals surface area contributed by atoms with E-state index in [2.05, 4.69) is 31.9 Å². The maximum absolute atomic E-state index is 13.0. The molecule has 2 aromatic rings. The van der Waals surface area contributed by atoms with Crippen LogP contribution < -0.4 is 4.74 Å². The normalized spacial score (nSPS) is 18.8. The number of hydrogen-bond donors (Lipinski definition) is 0. The van der Waals surface area contributed by atoms with E-state index in [4.69, 9.17) is 21.1 Å². The van der Waals surface area contributed by atoms with E-state index >= 15 is 0 Å². The van der Waals surface area contributed by atoms with Crippen molar-refractivity contribution >= 4 is 55.0 Å². The van der Waals surface area contributed by atoms with Crippen LogP contribution in [0.15, 0.2) is 68.0 Å². The Morgan fingerprint density at radius 1 is 0.909 bits per heavy atom. The Hall–Kier alpha value is -1.89. The van der Waals surface area contributed by atoms with Crippen molar-refractivity contribution in [2.24, 2.45) is 0 Å². The van der Waals surface area contributed by atoms with Crippen molar-refractivity contribution in [3.63, 3.8) is 0 Å². The molecule has 0 amide bonds. The minimum absolute atomic E-state index is 0.0692. The van der Waals surface area contributed by atoms with E-state index in [1.165, 1.54) is 0 Å². The van der Waals surface area contributed by atoms with Gasteiger partial charge in [0.25, 0.3) is 0 Å². The van der Waals surface area contributed by atoms with E-state index in [9.17, 15) is 9.59 Å². The number of ether oxygens (including phenoxy) is 2. The van der Waals surface area contributed by atoms with Crippen LogP contribution in [0.4, 0.5) is 0 Å². The molecule has 0 saturated heterocycles. The molecule has 3 aliphatic rings. The number of halogens is 3. The van der Waals surface area contributed by atoms with Crippen molar-refractivity contribution in [1.29, 1.82) is 0 Å². The molecule has 2 aliphatic carbocycles. The molecular weight excluding hydrogens is 572 g/mol. The van der Waals surface area contributed by atoms with E-state index in [1.54, 1.807) is 0 Å². The summed E-state index contributed by atoms with van der Waals surface area (Å²) >= 11 is 13.4. The van der Waals surface area contributed by atoms with Gasteiger partial charge in [0.2, 0.25) is 0 Å². The molecule has 170 valence electrons. The first-order valence-corrected chi connectivity index (χ1v) is 13.0. The van der Waals surface area contributed by atoms with Crippen molar-refractivity contribution in [2.75, 3.05) is 0 Å². The Bertz CT molecular complexity index is 1170. The Kier molecular flexibility index (Phi) is 6.51. The van der Waals surface area contributed by atoms with E-state index in [0.29, 0.717) is 41.4 Å². The minimum Gasteiger partial charge on any atom is -0.487 e. The topological polar surface area (TPSA) is 52.6 Å². The molecule has 0 N–H and O–H groups in total. The fourth-order valence-corrected chi connectivity index (χ4v) is 6.48. The molecule has 0 fully saturated rings. The van der Waals surface area contributed by atoms with Gasteiger partial charge in [0.05, 0.1) is 8.95 Å². The third-order valence-corrected chi connectivity index (χ3v) is 7.68. The molecule has 0 unspecified atom stereocenters. The van der Waals surface area contributed by atoms with Crippen LogP contribution in [0.3, 0.4) is 0 Å². The van der Waals surface area contributed by atoms with E-state index in [0.717, 1.165) is 57.3 Å². The predicted octanol–water partition coefficient (Wildman–Crippen LogP) is 7.57. The Morgan fingerprint density at radius 2 is 1.52 bits per heavy atom. The Morgan fingerprint density at radius 3 is 2.09 bits per heavy atom. The average molecular weight is 593 g/mol. The second-order valence-electron chi connectivity index (χ2n) is 8.49.